The van der Waals surface area contributed by atoms with Crippen LogP contribution in [-0.4, -0.2) is 12.1 Å². The fraction of sp³-hybridized carbons (Fsp3) is 0.0833. The van der Waals surface area contributed by atoms with Crippen molar-refractivity contribution in [3.63, 3.8) is 0 Å². The molecule has 0 aliphatic rings. The first kappa shape index (κ1) is 10.3. The highest BCUT2D eigenvalue weighted by molar-refractivity contribution is 5.67. The van der Waals surface area contributed by atoms with Crippen LogP contribution in [0, 0.1) is 0 Å². The Kier molecular flexibility index (Phi) is 2.91. The molecule has 0 fully saturated rings. The van der Waals surface area contributed by atoms with Crippen LogP contribution in [0.3, 0.4) is 0 Å². The molecule has 0 unspecified atom stereocenters. The van der Waals surface area contributed by atoms with Gasteiger partial charge in [-0.2, -0.15) is 0 Å². The minimum atomic E-state index is 0.486. The van der Waals surface area contributed by atoms with Crippen LogP contribution in [0.5, 0.6) is 5.75 Å². The van der Waals surface area contributed by atoms with Gasteiger partial charge in [0.25, 0.3) is 0 Å². The Morgan fingerprint density at radius 2 is 2.06 bits per heavy atom. The molecule has 0 aliphatic carbocycles. The summed E-state index contributed by atoms with van der Waals surface area (Å²) in [5, 5.41) is 3.22. The second-order valence-electron chi connectivity index (χ2n) is 3.29. The summed E-state index contributed by atoms with van der Waals surface area (Å²) in [6.07, 6.45) is 1.66. The summed E-state index contributed by atoms with van der Waals surface area (Å²) in [4.78, 5) is 3.93. The monoisotopic (exact) mass is 215 g/mol. The lowest BCUT2D eigenvalue weighted by Gasteiger charge is -2.10. The molecular formula is C12H13N3O. The van der Waals surface area contributed by atoms with Gasteiger partial charge >= 0.3 is 0 Å². The minimum Gasteiger partial charge on any atom is -0.495 e. The number of nitrogen functional groups attached to an aromatic ring is 1. The number of para-hydroxylation sites is 2. The molecule has 1 aromatic heterocycles. The number of anilines is 3. The van der Waals surface area contributed by atoms with Gasteiger partial charge in [-0.15, -0.1) is 0 Å². The Hall–Kier alpha value is -2.23. The maximum atomic E-state index is 5.60. The number of hydrogen-bond donors (Lipinski definition) is 2. The Morgan fingerprint density at radius 1 is 1.25 bits per heavy atom. The van der Waals surface area contributed by atoms with E-state index in [2.05, 4.69) is 10.3 Å². The Labute approximate surface area is 94.1 Å². The Morgan fingerprint density at radius 3 is 2.81 bits per heavy atom. The van der Waals surface area contributed by atoms with Gasteiger partial charge in [-0.1, -0.05) is 12.1 Å². The number of methoxy groups -OCH3 is 1. The van der Waals surface area contributed by atoms with Gasteiger partial charge in [0.05, 0.1) is 12.8 Å². The zero-order chi connectivity index (χ0) is 11.4. The van der Waals surface area contributed by atoms with E-state index in [1.54, 1.807) is 19.4 Å². The first-order valence-corrected chi connectivity index (χ1v) is 4.91. The van der Waals surface area contributed by atoms with Crippen LogP contribution in [0.25, 0.3) is 0 Å². The van der Waals surface area contributed by atoms with Crippen molar-refractivity contribution in [2.45, 2.75) is 0 Å². The van der Waals surface area contributed by atoms with Gasteiger partial charge in [0.2, 0.25) is 0 Å². The van der Waals surface area contributed by atoms with E-state index in [9.17, 15) is 0 Å². The van der Waals surface area contributed by atoms with E-state index in [4.69, 9.17) is 10.5 Å². The van der Waals surface area contributed by atoms with E-state index < -0.39 is 0 Å². The zero-order valence-corrected chi connectivity index (χ0v) is 8.97. The molecule has 1 heterocycles. The van der Waals surface area contributed by atoms with E-state index in [0.29, 0.717) is 5.82 Å². The Balaban J connectivity index is 2.26. The van der Waals surface area contributed by atoms with Crippen molar-refractivity contribution in [1.29, 1.82) is 0 Å². The van der Waals surface area contributed by atoms with Crippen molar-refractivity contribution in [2.75, 3.05) is 18.2 Å². The minimum absolute atomic E-state index is 0.486. The van der Waals surface area contributed by atoms with Gasteiger partial charge in [0.1, 0.15) is 11.6 Å². The molecule has 0 saturated heterocycles. The topological polar surface area (TPSA) is 60.2 Å². The van der Waals surface area contributed by atoms with Crippen molar-refractivity contribution in [3.05, 3.63) is 42.6 Å². The molecule has 0 aliphatic heterocycles. The zero-order valence-electron chi connectivity index (χ0n) is 8.97. The SMILES string of the molecule is COc1ccccc1Nc1ccnc(N)c1. The van der Waals surface area contributed by atoms with Gasteiger partial charge < -0.3 is 15.8 Å². The van der Waals surface area contributed by atoms with E-state index in [1.807, 2.05) is 30.3 Å². The third-order valence-corrected chi connectivity index (χ3v) is 2.17. The van der Waals surface area contributed by atoms with Crippen LogP contribution in [0.2, 0.25) is 0 Å². The molecule has 2 rings (SSSR count). The average molecular weight is 215 g/mol. The van der Waals surface area contributed by atoms with Crippen molar-refractivity contribution in [1.82, 2.24) is 4.98 Å². The second kappa shape index (κ2) is 4.53. The molecule has 0 amide bonds. The van der Waals surface area contributed by atoms with Crippen molar-refractivity contribution < 1.29 is 4.74 Å². The van der Waals surface area contributed by atoms with Crippen LogP contribution in [0.4, 0.5) is 17.2 Å². The molecule has 1 aromatic carbocycles. The number of aromatic nitrogens is 1. The van der Waals surface area contributed by atoms with Gasteiger partial charge in [0.15, 0.2) is 0 Å². The normalized spacial score (nSPS) is 9.81. The summed E-state index contributed by atoms with van der Waals surface area (Å²) in [6, 6.07) is 11.3. The van der Waals surface area contributed by atoms with E-state index >= 15 is 0 Å². The number of ether oxygens (including phenoxy) is 1. The predicted molar refractivity (Wildman–Crippen MR) is 64.9 cm³/mol. The van der Waals surface area contributed by atoms with Crippen LogP contribution < -0.4 is 15.8 Å². The average Bonchev–Trinajstić information content (AvgIpc) is 2.30. The fourth-order valence-corrected chi connectivity index (χ4v) is 1.43. The quantitative estimate of drug-likeness (QED) is 0.825. The number of pyridine rings is 1. The lowest BCUT2D eigenvalue weighted by atomic mass is 10.2. The summed E-state index contributed by atoms with van der Waals surface area (Å²) >= 11 is 0. The second-order valence-corrected chi connectivity index (χ2v) is 3.29. The maximum Gasteiger partial charge on any atom is 0.142 e. The molecule has 4 heteroatoms. The first-order chi connectivity index (χ1) is 7.79. The van der Waals surface area contributed by atoms with Crippen molar-refractivity contribution >= 4 is 17.2 Å². The van der Waals surface area contributed by atoms with Gasteiger partial charge in [0, 0.05) is 18.0 Å². The predicted octanol–water partition coefficient (Wildman–Crippen LogP) is 2.42. The van der Waals surface area contributed by atoms with Gasteiger partial charge in [-0.25, -0.2) is 4.98 Å². The van der Waals surface area contributed by atoms with Crippen LogP contribution in [0.1, 0.15) is 0 Å². The number of hydrogen-bond acceptors (Lipinski definition) is 4. The highest BCUT2D eigenvalue weighted by Gasteiger charge is 2.01. The molecule has 16 heavy (non-hydrogen) atoms. The lowest BCUT2D eigenvalue weighted by Crippen LogP contribution is -1.96. The van der Waals surface area contributed by atoms with Gasteiger partial charge in [-0.05, 0) is 18.2 Å². The largest absolute Gasteiger partial charge is 0.495 e. The molecular weight excluding hydrogens is 202 g/mol. The molecule has 0 saturated carbocycles. The number of nitrogens with zero attached hydrogens (tertiary/aromatic N) is 1. The van der Waals surface area contributed by atoms with Crippen LogP contribution in [0.15, 0.2) is 42.6 Å². The third-order valence-electron chi connectivity index (χ3n) is 2.17. The summed E-state index contributed by atoms with van der Waals surface area (Å²) in [6.45, 7) is 0. The van der Waals surface area contributed by atoms with E-state index in [-0.39, 0.29) is 0 Å². The maximum absolute atomic E-state index is 5.60. The molecule has 2 aromatic rings. The highest BCUT2D eigenvalue weighted by Crippen LogP contribution is 2.26. The summed E-state index contributed by atoms with van der Waals surface area (Å²) < 4.78 is 5.24. The molecule has 82 valence electrons. The lowest BCUT2D eigenvalue weighted by molar-refractivity contribution is 0.417. The standard InChI is InChI=1S/C12H13N3O/c1-16-11-5-3-2-4-10(11)15-9-6-7-14-12(13)8-9/h2-8H,1H3,(H3,13,14,15). The van der Waals surface area contributed by atoms with Crippen LogP contribution in [-0.2, 0) is 0 Å². The summed E-state index contributed by atoms with van der Waals surface area (Å²) in [5.74, 6) is 1.28. The van der Waals surface area contributed by atoms with Crippen molar-refractivity contribution in [2.24, 2.45) is 0 Å². The fourth-order valence-electron chi connectivity index (χ4n) is 1.43. The third kappa shape index (κ3) is 2.23. The van der Waals surface area contributed by atoms with Gasteiger partial charge in [-0.3, -0.25) is 0 Å². The molecule has 0 bridgehead atoms. The molecule has 0 radical (unpaired) electrons. The summed E-state index contributed by atoms with van der Waals surface area (Å²) in [7, 11) is 1.64. The highest BCUT2D eigenvalue weighted by atomic mass is 16.5. The van der Waals surface area contributed by atoms with Crippen LogP contribution >= 0.6 is 0 Å². The molecule has 0 spiro atoms. The van der Waals surface area contributed by atoms with E-state index in [1.165, 1.54) is 0 Å². The number of benzene rings is 1. The number of nitrogens with one attached hydrogen (secondary N) is 1. The number of rotatable bonds is 3. The smallest absolute Gasteiger partial charge is 0.142 e. The van der Waals surface area contributed by atoms with Crippen molar-refractivity contribution in [3.8, 4) is 5.75 Å². The molecule has 4 nitrogen and oxygen atoms in total. The van der Waals surface area contributed by atoms with E-state index in [0.717, 1.165) is 17.1 Å². The molecule has 0 atom stereocenters. The summed E-state index contributed by atoms with van der Waals surface area (Å²) in [5.41, 5.74) is 7.39. The first-order valence-electron chi connectivity index (χ1n) is 4.91. The molecule has 3 N–H and O–H groups in total. The Bertz CT molecular complexity index is 485. The number of nitrogens with two attached hydrogens (primary N) is 1.